The first-order chi connectivity index (χ1) is 20.8. The summed E-state index contributed by atoms with van der Waals surface area (Å²) in [6.07, 6.45) is 11.4. The van der Waals surface area contributed by atoms with Crippen LogP contribution < -0.4 is 16.0 Å². The number of hydrogen-bond donors (Lipinski definition) is 4. The number of aliphatic carboxylic acids is 1. The predicted octanol–water partition coefficient (Wildman–Crippen LogP) is 4.80. The first-order valence-corrected chi connectivity index (χ1v) is 16.5. The molecule has 1 aliphatic carbocycles. The standard InChI is InChI=1S/C33H61N3O7/c1-5-27(2)12-9-10-17-34-29(4)26-43-25-24-41-20-11-19-40-22-23-42-21-18-35-28(3)15-16-31(33(38)39)36-32(37)30-13-7-6-8-14-30/h27,30-31,34-35H,3-26H2,1-2H3,(H,36,37)(H,38,39). The molecule has 250 valence electrons. The number of allylic oxidation sites excluding steroid dienone is 1. The van der Waals surface area contributed by atoms with Gasteiger partial charge in [0.15, 0.2) is 0 Å². The van der Waals surface area contributed by atoms with Crippen LogP contribution >= 0.6 is 0 Å². The summed E-state index contributed by atoms with van der Waals surface area (Å²) in [6, 6.07) is -0.896. The van der Waals surface area contributed by atoms with Crippen molar-refractivity contribution < 1.29 is 33.6 Å². The van der Waals surface area contributed by atoms with E-state index in [1.54, 1.807) is 0 Å². The molecule has 0 radical (unpaired) electrons. The van der Waals surface area contributed by atoms with Crippen molar-refractivity contribution in [2.24, 2.45) is 11.8 Å². The third-order valence-electron chi connectivity index (χ3n) is 7.74. The number of carboxylic acids is 1. The van der Waals surface area contributed by atoms with E-state index in [1.807, 2.05) is 0 Å². The molecule has 0 aliphatic heterocycles. The normalized spacial score (nSPS) is 15.0. The Labute approximate surface area is 260 Å². The van der Waals surface area contributed by atoms with E-state index < -0.39 is 12.0 Å². The van der Waals surface area contributed by atoms with E-state index in [9.17, 15) is 14.7 Å². The number of unbranched alkanes of at least 4 members (excludes halogenated alkanes) is 1. The Hall–Kier alpha value is -2.14. The lowest BCUT2D eigenvalue weighted by atomic mass is 9.88. The van der Waals surface area contributed by atoms with Crippen molar-refractivity contribution in [1.82, 2.24) is 16.0 Å². The van der Waals surface area contributed by atoms with E-state index in [4.69, 9.17) is 18.9 Å². The van der Waals surface area contributed by atoms with Crippen LogP contribution in [-0.4, -0.2) is 89.0 Å². The summed E-state index contributed by atoms with van der Waals surface area (Å²) < 4.78 is 22.3. The topological polar surface area (TPSA) is 127 Å². The van der Waals surface area contributed by atoms with Crippen LogP contribution in [0, 0.1) is 11.8 Å². The summed E-state index contributed by atoms with van der Waals surface area (Å²) in [5.74, 6) is -0.395. The number of amides is 1. The number of hydrogen-bond acceptors (Lipinski definition) is 8. The number of rotatable bonds is 29. The van der Waals surface area contributed by atoms with Gasteiger partial charge in [-0.15, -0.1) is 0 Å². The van der Waals surface area contributed by atoms with E-state index in [2.05, 4.69) is 43.0 Å². The highest BCUT2D eigenvalue weighted by molar-refractivity contribution is 5.85. The van der Waals surface area contributed by atoms with E-state index in [0.717, 1.165) is 68.8 Å². The summed E-state index contributed by atoms with van der Waals surface area (Å²) in [5, 5.41) is 18.7. The Balaban J connectivity index is 1.87. The highest BCUT2D eigenvalue weighted by atomic mass is 16.5. The average molecular weight is 612 g/mol. The van der Waals surface area contributed by atoms with Gasteiger partial charge in [0.1, 0.15) is 6.04 Å². The fourth-order valence-electron chi connectivity index (χ4n) is 4.76. The minimum Gasteiger partial charge on any atom is -0.480 e. The lowest BCUT2D eigenvalue weighted by Gasteiger charge is -2.23. The summed E-state index contributed by atoms with van der Waals surface area (Å²) in [6.45, 7) is 18.4. The lowest BCUT2D eigenvalue weighted by Crippen LogP contribution is -2.44. The van der Waals surface area contributed by atoms with Gasteiger partial charge in [-0.1, -0.05) is 65.5 Å². The van der Waals surface area contributed by atoms with Crippen LogP contribution in [0.1, 0.15) is 90.9 Å². The van der Waals surface area contributed by atoms with Crippen LogP contribution in [0.2, 0.25) is 0 Å². The van der Waals surface area contributed by atoms with E-state index in [1.165, 1.54) is 19.3 Å². The molecule has 1 aliphatic rings. The van der Waals surface area contributed by atoms with Crippen molar-refractivity contribution in [3.63, 3.8) is 0 Å². The molecular formula is C33H61N3O7. The van der Waals surface area contributed by atoms with E-state index in [-0.39, 0.29) is 11.8 Å². The number of nitrogens with one attached hydrogen (secondary N) is 3. The van der Waals surface area contributed by atoms with Gasteiger partial charge in [0.2, 0.25) is 5.91 Å². The number of carbonyl (C=O) groups is 2. The monoisotopic (exact) mass is 611 g/mol. The molecule has 0 aromatic carbocycles. The Morgan fingerprint density at radius 1 is 0.791 bits per heavy atom. The van der Waals surface area contributed by atoms with Crippen molar-refractivity contribution in [2.75, 3.05) is 65.9 Å². The molecule has 10 nitrogen and oxygen atoms in total. The molecule has 0 heterocycles. The Morgan fingerprint density at radius 2 is 1.42 bits per heavy atom. The lowest BCUT2D eigenvalue weighted by molar-refractivity contribution is -0.142. The first kappa shape index (κ1) is 38.9. The summed E-state index contributed by atoms with van der Waals surface area (Å²) >= 11 is 0. The number of carboxylic acid groups (broad SMARTS) is 1. The maximum absolute atomic E-state index is 12.4. The number of carbonyl (C=O) groups excluding carboxylic acids is 1. The zero-order valence-electron chi connectivity index (χ0n) is 27.1. The van der Waals surface area contributed by atoms with Gasteiger partial charge in [0.25, 0.3) is 0 Å². The molecule has 0 spiro atoms. The Bertz CT molecular complexity index is 759. The second-order valence-electron chi connectivity index (χ2n) is 11.6. The van der Waals surface area contributed by atoms with Gasteiger partial charge >= 0.3 is 5.97 Å². The molecule has 1 amide bonds. The molecule has 0 saturated heterocycles. The highest BCUT2D eigenvalue weighted by Crippen LogP contribution is 2.24. The van der Waals surface area contributed by atoms with E-state index in [0.29, 0.717) is 72.2 Å². The summed E-state index contributed by atoms with van der Waals surface area (Å²) in [7, 11) is 0. The largest absolute Gasteiger partial charge is 0.480 e. The van der Waals surface area contributed by atoms with E-state index >= 15 is 0 Å². The second kappa shape index (κ2) is 26.3. The van der Waals surface area contributed by atoms with Crippen molar-refractivity contribution in [3.05, 3.63) is 24.6 Å². The summed E-state index contributed by atoms with van der Waals surface area (Å²) in [4.78, 5) is 24.0. The number of ether oxygens (including phenoxy) is 4. The average Bonchev–Trinajstić information content (AvgIpc) is 3.00. The highest BCUT2D eigenvalue weighted by Gasteiger charge is 2.26. The molecule has 1 fully saturated rings. The minimum absolute atomic E-state index is 0.0605. The van der Waals surface area contributed by atoms with Gasteiger partial charge in [0, 0.05) is 43.6 Å². The molecule has 0 bridgehead atoms. The SMILES string of the molecule is C=C(CCC(NC(=O)C1CCCCC1)C(=O)O)NCCOCCOCCCOCCOCC(=C)NCCCCC(C)CC. The smallest absolute Gasteiger partial charge is 0.326 e. The van der Waals surface area contributed by atoms with Gasteiger partial charge in [-0.3, -0.25) is 4.79 Å². The second-order valence-corrected chi connectivity index (χ2v) is 11.6. The van der Waals surface area contributed by atoms with Crippen LogP contribution in [0.4, 0.5) is 0 Å². The zero-order valence-corrected chi connectivity index (χ0v) is 27.1. The molecule has 1 saturated carbocycles. The molecule has 2 unspecified atom stereocenters. The quantitative estimate of drug-likeness (QED) is 0.0883. The van der Waals surface area contributed by atoms with Gasteiger partial charge < -0.3 is 40.0 Å². The van der Waals surface area contributed by atoms with Crippen LogP contribution in [0.15, 0.2) is 24.6 Å². The molecule has 4 N–H and O–H groups in total. The Kier molecular flexibility index (Phi) is 23.8. The van der Waals surface area contributed by atoms with Gasteiger partial charge in [0.05, 0.1) is 39.6 Å². The summed E-state index contributed by atoms with van der Waals surface area (Å²) in [5.41, 5.74) is 1.65. The van der Waals surface area contributed by atoms with Crippen molar-refractivity contribution >= 4 is 11.9 Å². The fraction of sp³-hybridized carbons (Fsp3) is 0.818. The van der Waals surface area contributed by atoms with Gasteiger partial charge in [-0.05, 0) is 44.4 Å². The van der Waals surface area contributed by atoms with Gasteiger partial charge in [-0.25, -0.2) is 4.79 Å². The Morgan fingerprint density at radius 3 is 2.07 bits per heavy atom. The molecule has 0 aromatic rings. The maximum atomic E-state index is 12.4. The molecule has 43 heavy (non-hydrogen) atoms. The van der Waals surface area contributed by atoms with Crippen LogP contribution in [0.25, 0.3) is 0 Å². The third-order valence-corrected chi connectivity index (χ3v) is 7.74. The first-order valence-electron chi connectivity index (χ1n) is 16.5. The van der Waals surface area contributed by atoms with Crippen LogP contribution in [0.3, 0.4) is 0 Å². The third kappa shape index (κ3) is 22.1. The fourth-order valence-corrected chi connectivity index (χ4v) is 4.76. The zero-order chi connectivity index (χ0) is 31.5. The van der Waals surface area contributed by atoms with Crippen LogP contribution in [0.5, 0.6) is 0 Å². The van der Waals surface area contributed by atoms with Crippen molar-refractivity contribution in [1.29, 1.82) is 0 Å². The minimum atomic E-state index is -1.01. The van der Waals surface area contributed by atoms with Crippen LogP contribution in [-0.2, 0) is 28.5 Å². The van der Waals surface area contributed by atoms with Crippen molar-refractivity contribution in [3.8, 4) is 0 Å². The molecule has 0 aromatic heterocycles. The molecule has 1 rings (SSSR count). The molecule has 10 heteroatoms. The van der Waals surface area contributed by atoms with Gasteiger partial charge in [-0.2, -0.15) is 0 Å². The maximum Gasteiger partial charge on any atom is 0.326 e. The molecular weight excluding hydrogens is 550 g/mol. The molecule has 2 atom stereocenters. The predicted molar refractivity (Wildman–Crippen MR) is 171 cm³/mol. The van der Waals surface area contributed by atoms with Crippen molar-refractivity contribution in [2.45, 2.75) is 96.9 Å².